The molecule has 4 rings (SSSR count). The zero-order valence-electron chi connectivity index (χ0n) is 19.3. The molecule has 1 fully saturated rings. The Morgan fingerprint density at radius 3 is 2.65 bits per heavy atom. The molecule has 3 heterocycles. The van der Waals surface area contributed by atoms with Crippen LogP contribution in [0.5, 0.6) is 0 Å². The molecule has 10 heteroatoms. The van der Waals surface area contributed by atoms with Crippen LogP contribution in [0.1, 0.15) is 67.8 Å². The highest BCUT2D eigenvalue weighted by Gasteiger charge is 2.35. The molecule has 0 bridgehead atoms. The quantitative estimate of drug-likeness (QED) is 0.556. The first kappa shape index (κ1) is 23.5. The number of carbonyl (C=O) groups is 3. The van der Waals surface area contributed by atoms with E-state index in [2.05, 4.69) is 32.4 Å². The van der Waals surface area contributed by atoms with Crippen LogP contribution in [0, 0.1) is 0 Å². The van der Waals surface area contributed by atoms with Gasteiger partial charge in [0.25, 0.3) is 5.56 Å². The molecule has 1 saturated heterocycles. The van der Waals surface area contributed by atoms with E-state index in [9.17, 15) is 19.2 Å². The summed E-state index contributed by atoms with van der Waals surface area (Å²) in [5, 5.41) is 5.40. The second-order valence-electron chi connectivity index (χ2n) is 8.50. The lowest BCUT2D eigenvalue weighted by molar-refractivity contribution is -0.123. The number of H-pyrrole nitrogens is 1. The van der Waals surface area contributed by atoms with Gasteiger partial charge in [0.05, 0.1) is 23.7 Å². The smallest absolute Gasteiger partial charge is 0.338 e. The summed E-state index contributed by atoms with van der Waals surface area (Å²) in [5.74, 6) is -1.75. The molecule has 2 aliphatic heterocycles. The second kappa shape index (κ2) is 10.1. The lowest BCUT2D eigenvalue weighted by atomic mass is 9.92. The Kier molecular flexibility index (Phi) is 6.95. The molecular formula is C24H29N5O5. The Labute approximate surface area is 197 Å². The van der Waals surface area contributed by atoms with Crippen LogP contribution >= 0.6 is 0 Å². The molecule has 2 aliphatic rings. The van der Waals surface area contributed by atoms with Crippen LogP contribution in [0.15, 0.2) is 29.1 Å². The predicted molar refractivity (Wildman–Crippen MR) is 127 cm³/mol. The van der Waals surface area contributed by atoms with E-state index in [0.717, 1.165) is 32.2 Å². The van der Waals surface area contributed by atoms with Gasteiger partial charge in [0, 0.05) is 24.7 Å². The SMILES string of the molecule is CCOC(=O)c1ccc(NC(=O)[C@@H]2CC(=O)Nc3nc(N4CCCC[C@H]4CC)[nH]c(=O)c32)cc1. The Morgan fingerprint density at radius 2 is 1.94 bits per heavy atom. The van der Waals surface area contributed by atoms with E-state index in [1.807, 2.05) is 0 Å². The molecule has 3 N–H and O–H groups in total. The van der Waals surface area contributed by atoms with E-state index in [0.29, 0.717) is 17.2 Å². The van der Waals surface area contributed by atoms with Crippen molar-refractivity contribution in [2.75, 3.05) is 28.7 Å². The molecular weight excluding hydrogens is 438 g/mol. The molecule has 0 aliphatic carbocycles. The standard InChI is InChI=1S/C24H29N5O5/c1-3-16-7-5-6-12-29(16)24-27-20-19(22(32)28-24)17(13-18(30)26-20)21(31)25-15-10-8-14(9-11-15)23(33)34-4-2/h8-11,16-17H,3-7,12-13H2,1-2H3,(H,25,31)(H2,26,27,28,30,32)/t16-,17-/m1/s1. The summed E-state index contributed by atoms with van der Waals surface area (Å²) in [4.78, 5) is 59.8. The Hall–Kier alpha value is -3.69. The van der Waals surface area contributed by atoms with Crippen molar-refractivity contribution >= 4 is 35.2 Å². The number of ether oxygens (including phenoxy) is 1. The Morgan fingerprint density at radius 1 is 1.18 bits per heavy atom. The lowest BCUT2D eigenvalue weighted by Gasteiger charge is -2.36. The average molecular weight is 468 g/mol. The molecule has 34 heavy (non-hydrogen) atoms. The fourth-order valence-corrected chi connectivity index (χ4v) is 4.56. The first-order valence-corrected chi connectivity index (χ1v) is 11.7. The number of carbonyl (C=O) groups excluding carboxylic acids is 3. The number of hydrogen-bond acceptors (Lipinski definition) is 7. The van der Waals surface area contributed by atoms with Crippen molar-refractivity contribution in [1.29, 1.82) is 0 Å². The summed E-state index contributed by atoms with van der Waals surface area (Å²) in [6.07, 6.45) is 3.91. The van der Waals surface area contributed by atoms with Crippen LogP contribution in [-0.2, 0) is 14.3 Å². The van der Waals surface area contributed by atoms with Gasteiger partial charge in [0.15, 0.2) is 0 Å². The number of hydrogen-bond donors (Lipinski definition) is 3. The summed E-state index contributed by atoms with van der Waals surface area (Å²) in [6, 6.07) is 6.49. The molecule has 0 spiro atoms. The largest absolute Gasteiger partial charge is 0.462 e. The molecule has 0 radical (unpaired) electrons. The van der Waals surface area contributed by atoms with Gasteiger partial charge in [-0.15, -0.1) is 0 Å². The van der Waals surface area contributed by atoms with Crippen molar-refractivity contribution in [3.05, 3.63) is 45.7 Å². The topological polar surface area (TPSA) is 133 Å². The van der Waals surface area contributed by atoms with E-state index in [4.69, 9.17) is 4.74 Å². The fourth-order valence-electron chi connectivity index (χ4n) is 4.56. The van der Waals surface area contributed by atoms with Crippen LogP contribution in [0.25, 0.3) is 0 Å². The maximum absolute atomic E-state index is 13.1. The summed E-state index contributed by atoms with van der Waals surface area (Å²) in [6.45, 7) is 4.86. The van der Waals surface area contributed by atoms with Crippen LogP contribution in [0.3, 0.4) is 0 Å². The van der Waals surface area contributed by atoms with Gasteiger partial charge in [0.1, 0.15) is 5.82 Å². The zero-order chi connectivity index (χ0) is 24.2. The zero-order valence-corrected chi connectivity index (χ0v) is 19.3. The van der Waals surface area contributed by atoms with Crippen LogP contribution in [0.4, 0.5) is 17.5 Å². The second-order valence-corrected chi connectivity index (χ2v) is 8.50. The van der Waals surface area contributed by atoms with Gasteiger partial charge in [-0.3, -0.25) is 19.4 Å². The van der Waals surface area contributed by atoms with Crippen molar-refractivity contribution in [3.63, 3.8) is 0 Å². The average Bonchev–Trinajstić information content (AvgIpc) is 2.83. The number of piperidine rings is 1. The molecule has 2 aromatic rings. The number of anilines is 3. The molecule has 1 aromatic heterocycles. The Bertz CT molecular complexity index is 1140. The number of nitrogens with one attached hydrogen (secondary N) is 3. The Balaban J connectivity index is 1.57. The van der Waals surface area contributed by atoms with Gasteiger partial charge in [-0.2, -0.15) is 4.98 Å². The molecule has 1 aromatic carbocycles. The minimum absolute atomic E-state index is 0.133. The normalized spacial score (nSPS) is 19.7. The molecule has 180 valence electrons. The maximum atomic E-state index is 13.1. The van der Waals surface area contributed by atoms with Crippen molar-refractivity contribution in [1.82, 2.24) is 9.97 Å². The summed E-state index contributed by atoms with van der Waals surface area (Å²) >= 11 is 0. The molecule has 2 atom stereocenters. The van der Waals surface area contributed by atoms with Crippen molar-refractivity contribution < 1.29 is 19.1 Å². The third kappa shape index (κ3) is 4.80. The number of aromatic nitrogens is 2. The van der Waals surface area contributed by atoms with E-state index in [1.165, 1.54) is 0 Å². The van der Waals surface area contributed by atoms with Crippen molar-refractivity contribution in [3.8, 4) is 0 Å². The third-order valence-corrected chi connectivity index (χ3v) is 6.29. The number of fused-ring (bicyclic) bond motifs is 1. The number of nitrogens with zero attached hydrogens (tertiary/aromatic N) is 2. The summed E-state index contributed by atoms with van der Waals surface area (Å²) < 4.78 is 4.96. The van der Waals surface area contributed by atoms with Crippen molar-refractivity contribution in [2.24, 2.45) is 0 Å². The monoisotopic (exact) mass is 467 g/mol. The van der Waals surface area contributed by atoms with E-state index in [1.54, 1.807) is 31.2 Å². The third-order valence-electron chi connectivity index (χ3n) is 6.29. The van der Waals surface area contributed by atoms with Crippen LogP contribution in [-0.4, -0.2) is 46.9 Å². The van der Waals surface area contributed by atoms with Gasteiger partial charge >= 0.3 is 5.97 Å². The van der Waals surface area contributed by atoms with Crippen molar-refractivity contribution in [2.45, 2.75) is 57.9 Å². The minimum atomic E-state index is -0.984. The number of rotatable bonds is 6. The summed E-state index contributed by atoms with van der Waals surface area (Å²) in [5.41, 5.74) is 0.511. The number of esters is 1. The summed E-state index contributed by atoms with van der Waals surface area (Å²) in [7, 11) is 0. The highest BCUT2D eigenvalue weighted by atomic mass is 16.5. The van der Waals surface area contributed by atoms with Gasteiger partial charge < -0.3 is 20.3 Å². The van der Waals surface area contributed by atoms with Crippen LogP contribution in [0.2, 0.25) is 0 Å². The maximum Gasteiger partial charge on any atom is 0.338 e. The molecule has 0 unspecified atom stereocenters. The molecule has 2 amide bonds. The van der Waals surface area contributed by atoms with Gasteiger partial charge in [0.2, 0.25) is 17.8 Å². The fraction of sp³-hybridized carbons (Fsp3) is 0.458. The minimum Gasteiger partial charge on any atom is -0.462 e. The van der Waals surface area contributed by atoms with Gasteiger partial charge in [-0.05, 0) is 56.9 Å². The highest BCUT2D eigenvalue weighted by molar-refractivity contribution is 6.04. The van der Waals surface area contributed by atoms with E-state index in [-0.39, 0.29) is 36.4 Å². The molecule has 10 nitrogen and oxygen atoms in total. The number of aromatic amines is 1. The predicted octanol–water partition coefficient (Wildman–Crippen LogP) is 2.78. The molecule has 0 saturated carbocycles. The van der Waals surface area contributed by atoms with Gasteiger partial charge in [-0.1, -0.05) is 6.92 Å². The van der Waals surface area contributed by atoms with Gasteiger partial charge in [-0.25, -0.2) is 4.79 Å². The lowest BCUT2D eigenvalue weighted by Crippen LogP contribution is -2.43. The first-order valence-electron chi connectivity index (χ1n) is 11.7. The van der Waals surface area contributed by atoms with E-state index >= 15 is 0 Å². The first-order chi connectivity index (χ1) is 16.4. The number of amides is 2. The highest BCUT2D eigenvalue weighted by Crippen LogP contribution is 2.31. The van der Waals surface area contributed by atoms with E-state index < -0.39 is 23.4 Å². The van der Waals surface area contributed by atoms with Crippen LogP contribution < -0.4 is 21.1 Å². The number of benzene rings is 1.